The smallest absolute Gasteiger partial charge is 0.199 e. The van der Waals surface area contributed by atoms with Crippen LogP contribution in [0.2, 0.25) is 0 Å². The molecule has 126 valence electrons. The Kier molecular flexibility index (Phi) is 5.91. The number of ketones is 1. The fourth-order valence-electron chi connectivity index (χ4n) is 2.31. The van der Waals surface area contributed by atoms with Crippen LogP contribution in [0.4, 0.5) is 0 Å². The van der Waals surface area contributed by atoms with Crippen LogP contribution in [0.25, 0.3) is 0 Å². The summed E-state index contributed by atoms with van der Waals surface area (Å²) in [5, 5.41) is 3.15. The molecule has 1 aromatic rings. The Morgan fingerprint density at radius 1 is 1.39 bits per heavy atom. The molecule has 1 fully saturated rings. The maximum absolute atomic E-state index is 12.2. The zero-order valence-electron chi connectivity index (χ0n) is 14.1. The molecule has 0 aromatic heterocycles. The van der Waals surface area contributed by atoms with E-state index >= 15 is 0 Å². The third-order valence-corrected chi connectivity index (χ3v) is 3.63. The van der Waals surface area contributed by atoms with Crippen molar-refractivity contribution in [3.8, 4) is 5.75 Å². The number of rotatable bonds is 6. The number of hydrogen-bond donors (Lipinski definition) is 1. The van der Waals surface area contributed by atoms with Crippen LogP contribution in [0.15, 0.2) is 18.2 Å². The van der Waals surface area contributed by atoms with Crippen LogP contribution in [-0.2, 0) is 4.74 Å². The number of nitrogens with one attached hydrogen (secondary N) is 1. The standard InChI is InChI=1S/C18H25NO4/c1-18(2,3)19-11-15(21)13-7-8-16(14(10-13)12-20)23-17-6-4-5-9-22-17/h7-8,10,12,17,19H,4-6,9,11H2,1-3H3. The molecule has 0 saturated carbocycles. The van der Waals surface area contributed by atoms with Crippen molar-refractivity contribution in [1.29, 1.82) is 0 Å². The molecule has 1 aliphatic heterocycles. The number of ether oxygens (including phenoxy) is 2. The Labute approximate surface area is 137 Å². The molecule has 0 amide bonds. The van der Waals surface area contributed by atoms with Crippen LogP contribution >= 0.6 is 0 Å². The molecule has 1 heterocycles. The molecule has 2 rings (SSSR count). The second-order valence-electron chi connectivity index (χ2n) is 6.81. The van der Waals surface area contributed by atoms with Gasteiger partial charge in [0, 0.05) is 17.5 Å². The average molecular weight is 319 g/mol. The molecule has 1 saturated heterocycles. The third-order valence-electron chi connectivity index (χ3n) is 3.63. The summed E-state index contributed by atoms with van der Waals surface area (Å²) in [6.45, 7) is 6.90. The van der Waals surface area contributed by atoms with E-state index < -0.39 is 0 Å². The summed E-state index contributed by atoms with van der Waals surface area (Å²) in [5.74, 6) is 0.413. The van der Waals surface area contributed by atoms with Crippen LogP contribution in [0.1, 0.15) is 60.7 Å². The Bertz CT molecular complexity index is 557. The molecule has 5 heteroatoms. The molecule has 5 nitrogen and oxygen atoms in total. The van der Waals surface area contributed by atoms with Crippen LogP contribution in [-0.4, -0.2) is 37.0 Å². The van der Waals surface area contributed by atoms with Gasteiger partial charge in [-0.25, -0.2) is 0 Å². The fraction of sp³-hybridized carbons (Fsp3) is 0.556. The molecule has 1 aromatic carbocycles. The summed E-state index contributed by atoms with van der Waals surface area (Å²) in [6, 6.07) is 4.95. The van der Waals surface area contributed by atoms with Crippen LogP contribution in [0.3, 0.4) is 0 Å². The highest BCUT2D eigenvalue weighted by Gasteiger charge is 2.18. The second-order valence-corrected chi connectivity index (χ2v) is 6.81. The number of benzene rings is 1. The van der Waals surface area contributed by atoms with Crippen molar-refractivity contribution in [2.24, 2.45) is 0 Å². The number of Topliss-reactive ketones (excluding diaryl/α,β-unsaturated/α-hetero) is 1. The molecule has 0 bridgehead atoms. The van der Waals surface area contributed by atoms with E-state index in [1.54, 1.807) is 18.2 Å². The molecule has 1 unspecified atom stereocenters. The maximum atomic E-state index is 12.2. The quantitative estimate of drug-likeness (QED) is 0.645. The molecule has 1 aliphatic rings. The van der Waals surface area contributed by atoms with Gasteiger partial charge in [0.25, 0.3) is 0 Å². The normalized spacial score (nSPS) is 18.5. The first-order valence-corrected chi connectivity index (χ1v) is 8.05. The van der Waals surface area contributed by atoms with Crippen LogP contribution in [0, 0.1) is 0 Å². The third kappa shape index (κ3) is 5.44. The van der Waals surface area contributed by atoms with Gasteiger partial charge in [0.05, 0.1) is 18.7 Å². The van der Waals surface area contributed by atoms with E-state index in [4.69, 9.17) is 9.47 Å². The van der Waals surface area contributed by atoms with E-state index in [0.29, 0.717) is 29.8 Å². The van der Waals surface area contributed by atoms with Gasteiger partial charge in [-0.1, -0.05) is 0 Å². The van der Waals surface area contributed by atoms with E-state index in [1.165, 1.54) is 0 Å². The first-order chi connectivity index (χ1) is 10.9. The summed E-state index contributed by atoms with van der Waals surface area (Å²) in [4.78, 5) is 23.5. The summed E-state index contributed by atoms with van der Waals surface area (Å²) >= 11 is 0. The van der Waals surface area contributed by atoms with Crippen molar-refractivity contribution in [1.82, 2.24) is 5.32 Å². The Hall–Kier alpha value is -1.72. The highest BCUT2D eigenvalue weighted by Crippen LogP contribution is 2.23. The number of aldehydes is 1. The lowest BCUT2D eigenvalue weighted by Gasteiger charge is -2.24. The second kappa shape index (κ2) is 7.70. The van der Waals surface area contributed by atoms with E-state index in [1.807, 2.05) is 20.8 Å². The van der Waals surface area contributed by atoms with Gasteiger partial charge in [0.1, 0.15) is 5.75 Å². The Morgan fingerprint density at radius 2 is 2.17 bits per heavy atom. The minimum atomic E-state index is -0.313. The molecule has 0 radical (unpaired) electrons. The molecular weight excluding hydrogens is 294 g/mol. The van der Waals surface area contributed by atoms with Gasteiger partial charge >= 0.3 is 0 Å². The molecule has 0 spiro atoms. The minimum Gasteiger partial charge on any atom is -0.464 e. The summed E-state index contributed by atoms with van der Waals surface area (Å²) in [6.07, 6.45) is 3.30. The summed E-state index contributed by atoms with van der Waals surface area (Å²) < 4.78 is 11.3. The Balaban J connectivity index is 2.06. The van der Waals surface area contributed by atoms with Crippen molar-refractivity contribution < 1.29 is 19.1 Å². The van der Waals surface area contributed by atoms with Gasteiger partial charge in [-0.15, -0.1) is 0 Å². The molecular formula is C18H25NO4. The first-order valence-electron chi connectivity index (χ1n) is 8.05. The van der Waals surface area contributed by atoms with Gasteiger partial charge in [0.2, 0.25) is 0 Å². The first kappa shape index (κ1) is 17.6. The van der Waals surface area contributed by atoms with E-state index in [0.717, 1.165) is 19.3 Å². The van der Waals surface area contributed by atoms with Crippen molar-refractivity contribution in [2.75, 3.05) is 13.2 Å². The molecule has 1 N–H and O–H groups in total. The van der Waals surface area contributed by atoms with Gasteiger partial charge < -0.3 is 14.8 Å². The summed E-state index contributed by atoms with van der Waals surface area (Å²) in [7, 11) is 0. The van der Waals surface area contributed by atoms with Gasteiger partial charge in [-0.2, -0.15) is 0 Å². The number of carbonyl (C=O) groups is 2. The monoisotopic (exact) mass is 319 g/mol. The van der Waals surface area contributed by atoms with Crippen molar-refractivity contribution >= 4 is 12.1 Å². The van der Waals surface area contributed by atoms with E-state index in [-0.39, 0.29) is 24.2 Å². The molecule has 1 atom stereocenters. The Morgan fingerprint density at radius 3 is 2.78 bits per heavy atom. The fourth-order valence-corrected chi connectivity index (χ4v) is 2.31. The minimum absolute atomic E-state index is 0.0523. The maximum Gasteiger partial charge on any atom is 0.199 e. The zero-order chi connectivity index (χ0) is 16.9. The molecule has 23 heavy (non-hydrogen) atoms. The van der Waals surface area contributed by atoms with Gasteiger partial charge in [-0.05, 0) is 51.8 Å². The largest absolute Gasteiger partial charge is 0.464 e. The SMILES string of the molecule is CC(C)(C)NCC(=O)c1ccc(OC2CCCCO2)c(C=O)c1. The van der Waals surface area contributed by atoms with Crippen molar-refractivity contribution in [3.63, 3.8) is 0 Å². The predicted octanol–water partition coefficient (Wildman–Crippen LogP) is 2.98. The van der Waals surface area contributed by atoms with E-state index in [9.17, 15) is 9.59 Å². The lowest BCUT2D eigenvalue weighted by Crippen LogP contribution is -2.39. The zero-order valence-corrected chi connectivity index (χ0v) is 14.1. The van der Waals surface area contributed by atoms with Crippen LogP contribution in [0.5, 0.6) is 5.75 Å². The van der Waals surface area contributed by atoms with Crippen molar-refractivity contribution in [3.05, 3.63) is 29.3 Å². The van der Waals surface area contributed by atoms with E-state index in [2.05, 4.69) is 5.32 Å². The van der Waals surface area contributed by atoms with Crippen molar-refractivity contribution in [2.45, 2.75) is 51.9 Å². The topological polar surface area (TPSA) is 64.6 Å². The number of hydrogen-bond acceptors (Lipinski definition) is 5. The highest BCUT2D eigenvalue weighted by molar-refractivity contribution is 5.99. The number of carbonyl (C=O) groups excluding carboxylic acids is 2. The van der Waals surface area contributed by atoms with Crippen LogP contribution < -0.4 is 10.1 Å². The summed E-state index contributed by atoms with van der Waals surface area (Å²) in [5.41, 5.74) is 0.742. The highest BCUT2D eigenvalue weighted by atomic mass is 16.7. The van der Waals surface area contributed by atoms with Gasteiger partial charge in [-0.3, -0.25) is 9.59 Å². The lowest BCUT2D eigenvalue weighted by molar-refractivity contribution is -0.106. The predicted molar refractivity (Wildman–Crippen MR) is 88.1 cm³/mol. The average Bonchev–Trinajstić information content (AvgIpc) is 2.53. The molecule has 0 aliphatic carbocycles. The lowest BCUT2D eigenvalue weighted by atomic mass is 10.0. The van der Waals surface area contributed by atoms with Gasteiger partial charge in [0.15, 0.2) is 18.4 Å².